The van der Waals surface area contributed by atoms with Crippen LogP contribution in [0.4, 0.5) is 0 Å². The van der Waals surface area contributed by atoms with Crippen LogP contribution in [-0.2, 0) is 11.3 Å². The molecule has 0 saturated carbocycles. The van der Waals surface area contributed by atoms with Gasteiger partial charge in [-0.1, -0.05) is 26.8 Å². The maximum absolute atomic E-state index is 12.1. The van der Waals surface area contributed by atoms with Crippen LogP contribution in [0.5, 0.6) is 0 Å². The van der Waals surface area contributed by atoms with Gasteiger partial charge in [-0.15, -0.1) is 0 Å². The molecule has 106 valence electrons. The Morgan fingerprint density at radius 1 is 1.40 bits per heavy atom. The van der Waals surface area contributed by atoms with Crippen LogP contribution in [0.25, 0.3) is 0 Å². The highest BCUT2D eigenvalue weighted by Gasteiger charge is 2.36. The minimum Gasteiger partial charge on any atom is -0.338 e. The van der Waals surface area contributed by atoms with Gasteiger partial charge >= 0.3 is 0 Å². The third-order valence-electron chi connectivity index (χ3n) is 4.27. The number of hydrogen-bond acceptors (Lipinski definition) is 2. The highest BCUT2D eigenvalue weighted by Crippen LogP contribution is 2.35. The zero-order valence-electron chi connectivity index (χ0n) is 12.7. The third-order valence-corrected chi connectivity index (χ3v) is 4.27. The first-order valence-corrected chi connectivity index (χ1v) is 7.08. The number of benzene rings is 1. The summed E-state index contributed by atoms with van der Waals surface area (Å²) < 4.78 is 0. The lowest BCUT2D eigenvalue weighted by molar-refractivity contribution is -0.128. The second kappa shape index (κ2) is 5.28. The molecule has 0 aromatic heterocycles. The van der Waals surface area contributed by atoms with Crippen molar-refractivity contribution in [2.45, 2.75) is 40.7 Å². The van der Waals surface area contributed by atoms with Crippen LogP contribution in [0.3, 0.4) is 0 Å². The topological polar surface area (TPSA) is 44.1 Å². The minimum atomic E-state index is 0.171. The Morgan fingerprint density at radius 2 is 2.10 bits per heavy atom. The first kappa shape index (κ1) is 14.6. The van der Waals surface area contributed by atoms with Gasteiger partial charge < -0.3 is 4.90 Å². The van der Waals surface area contributed by atoms with Gasteiger partial charge in [0.25, 0.3) is 0 Å². The molecule has 3 heteroatoms. The molecule has 1 fully saturated rings. The molecule has 1 aromatic carbocycles. The first-order valence-electron chi connectivity index (χ1n) is 7.08. The quantitative estimate of drug-likeness (QED) is 0.828. The van der Waals surface area contributed by atoms with Crippen LogP contribution in [0.2, 0.25) is 0 Å². The van der Waals surface area contributed by atoms with E-state index >= 15 is 0 Å². The molecule has 1 heterocycles. The molecule has 0 N–H and O–H groups in total. The van der Waals surface area contributed by atoms with E-state index in [0.29, 0.717) is 24.4 Å². The number of carbonyl (C=O) groups is 1. The van der Waals surface area contributed by atoms with Gasteiger partial charge in [0.15, 0.2) is 0 Å². The fraction of sp³-hybridized carbons (Fsp3) is 0.529. The van der Waals surface area contributed by atoms with Gasteiger partial charge in [-0.25, -0.2) is 0 Å². The molecular weight excluding hydrogens is 248 g/mol. The second-order valence-corrected chi connectivity index (χ2v) is 6.79. The monoisotopic (exact) mass is 270 g/mol. The smallest absolute Gasteiger partial charge is 0.223 e. The molecule has 0 bridgehead atoms. The molecule has 1 aromatic rings. The van der Waals surface area contributed by atoms with Crippen molar-refractivity contribution in [3.8, 4) is 6.07 Å². The molecule has 0 radical (unpaired) electrons. The molecule has 0 aliphatic carbocycles. The normalized spacial score (nSPS) is 19.2. The van der Waals surface area contributed by atoms with Gasteiger partial charge in [0, 0.05) is 19.5 Å². The average Bonchev–Trinajstić information content (AvgIpc) is 2.73. The fourth-order valence-electron chi connectivity index (χ4n) is 2.65. The lowest BCUT2D eigenvalue weighted by Gasteiger charge is -2.26. The van der Waals surface area contributed by atoms with Crippen LogP contribution in [-0.4, -0.2) is 17.4 Å². The van der Waals surface area contributed by atoms with E-state index < -0.39 is 0 Å². The zero-order chi connectivity index (χ0) is 14.9. The molecule has 20 heavy (non-hydrogen) atoms. The van der Waals surface area contributed by atoms with Crippen molar-refractivity contribution < 1.29 is 4.79 Å². The van der Waals surface area contributed by atoms with Gasteiger partial charge in [-0.05, 0) is 41.5 Å². The van der Waals surface area contributed by atoms with Crippen molar-refractivity contribution in [3.05, 3.63) is 34.9 Å². The van der Waals surface area contributed by atoms with E-state index in [0.717, 1.165) is 17.7 Å². The maximum Gasteiger partial charge on any atom is 0.223 e. The van der Waals surface area contributed by atoms with Crippen LogP contribution in [0.15, 0.2) is 18.2 Å². The van der Waals surface area contributed by atoms with Gasteiger partial charge in [0.2, 0.25) is 5.91 Å². The summed E-state index contributed by atoms with van der Waals surface area (Å²) in [6.07, 6.45) is 0.652. The summed E-state index contributed by atoms with van der Waals surface area (Å²) >= 11 is 0. The molecule has 0 spiro atoms. The largest absolute Gasteiger partial charge is 0.338 e. The Hall–Kier alpha value is -1.82. The first-order chi connectivity index (χ1) is 9.31. The summed E-state index contributed by atoms with van der Waals surface area (Å²) in [7, 11) is 0. The standard InChI is InChI=1S/C17H22N2O/c1-12-7-13(9-18)5-6-14(12)10-19-11-15(8-16(19)20)17(2,3)4/h5-7,15H,8,10-11H2,1-4H3. The van der Waals surface area contributed by atoms with E-state index in [1.54, 1.807) is 0 Å². The van der Waals surface area contributed by atoms with Gasteiger partial charge in [-0.3, -0.25) is 4.79 Å². The fourth-order valence-corrected chi connectivity index (χ4v) is 2.65. The molecule has 1 aliphatic rings. The number of rotatable bonds is 2. The molecular formula is C17H22N2O. The lowest BCUT2D eigenvalue weighted by atomic mass is 9.80. The minimum absolute atomic E-state index is 0.171. The lowest BCUT2D eigenvalue weighted by Crippen LogP contribution is -2.27. The summed E-state index contributed by atoms with van der Waals surface area (Å²) in [6, 6.07) is 7.82. The molecule has 1 saturated heterocycles. The van der Waals surface area contributed by atoms with Crippen molar-refractivity contribution in [3.63, 3.8) is 0 Å². The van der Waals surface area contributed by atoms with E-state index in [-0.39, 0.29) is 11.3 Å². The molecule has 3 nitrogen and oxygen atoms in total. The van der Waals surface area contributed by atoms with Gasteiger partial charge in [-0.2, -0.15) is 5.26 Å². The Labute approximate surface area is 121 Å². The predicted octanol–water partition coefficient (Wildman–Crippen LogP) is 3.26. The van der Waals surface area contributed by atoms with Crippen molar-refractivity contribution in [2.24, 2.45) is 11.3 Å². The zero-order valence-corrected chi connectivity index (χ0v) is 12.7. The van der Waals surface area contributed by atoms with E-state index in [2.05, 4.69) is 26.8 Å². The Morgan fingerprint density at radius 3 is 2.60 bits per heavy atom. The van der Waals surface area contributed by atoms with Crippen molar-refractivity contribution in [2.75, 3.05) is 6.54 Å². The predicted molar refractivity (Wildman–Crippen MR) is 78.9 cm³/mol. The van der Waals surface area contributed by atoms with Crippen molar-refractivity contribution in [1.82, 2.24) is 4.90 Å². The van der Waals surface area contributed by atoms with E-state index in [4.69, 9.17) is 5.26 Å². The molecule has 1 aliphatic heterocycles. The average molecular weight is 270 g/mol. The third kappa shape index (κ3) is 3.01. The number of nitrogens with zero attached hydrogens (tertiary/aromatic N) is 2. The summed E-state index contributed by atoms with van der Waals surface area (Å²) in [5.74, 6) is 0.669. The van der Waals surface area contributed by atoms with Crippen LogP contribution < -0.4 is 0 Å². The van der Waals surface area contributed by atoms with E-state index in [1.165, 1.54) is 0 Å². The Balaban J connectivity index is 2.12. The number of nitriles is 1. The Kier molecular flexibility index (Phi) is 3.85. The van der Waals surface area contributed by atoms with Gasteiger partial charge in [0.05, 0.1) is 11.6 Å². The number of amides is 1. The number of carbonyl (C=O) groups excluding carboxylic acids is 1. The van der Waals surface area contributed by atoms with Crippen LogP contribution in [0.1, 0.15) is 43.9 Å². The number of likely N-dealkylation sites (tertiary alicyclic amines) is 1. The SMILES string of the molecule is Cc1cc(C#N)ccc1CN1CC(C(C)(C)C)CC1=O. The van der Waals surface area contributed by atoms with E-state index in [1.807, 2.05) is 30.0 Å². The van der Waals surface area contributed by atoms with Gasteiger partial charge in [0.1, 0.15) is 0 Å². The Bertz CT molecular complexity index is 563. The number of hydrogen-bond donors (Lipinski definition) is 0. The van der Waals surface area contributed by atoms with Crippen LogP contribution >= 0.6 is 0 Å². The van der Waals surface area contributed by atoms with Crippen LogP contribution in [0, 0.1) is 29.6 Å². The molecule has 1 amide bonds. The summed E-state index contributed by atoms with van der Waals surface area (Å²) in [4.78, 5) is 14.1. The molecule has 1 atom stereocenters. The van der Waals surface area contributed by atoms with E-state index in [9.17, 15) is 4.79 Å². The summed E-state index contributed by atoms with van der Waals surface area (Å²) in [6.45, 7) is 10.1. The summed E-state index contributed by atoms with van der Waals surface area (Å²) in [5.41, 5.74) is 3.05. The highest BCUT2D eigenvalue weighted by atomic mass is 16.2. The molecule has 2 rings (SSSR count). The van der Waals surface area contributed by atoms with Crippen molar-refractivity contribution in [1.29, 1.82) is 5.26 Å². The van der Waals surface area contributed by atoms with Crippen molar-refractivity contribution >= 4 is 5.91 Å². The summed E-state index contributed by atoms with van der Waals surface area (Å²) in [5, 5.41) is 8.89. The second-order valence-electron chi connectivity index (χ2n) is 6.79. The number of aryl methyl sites for hydroxylation is 1. The molecule has 1 unspecified atom stereocenters. The highest BCUT2D eigenvalue weighted by molar-refractivity contribution is 5.78. The maximum atomic E-state index is 12.1.